The summed E-state index contributed by atoms with van der Waals surface area (Å²) in [5.41, 5.74) is 2.27. The number of rotatable bonds is 4. The van der Waals surface area contributed by atoms with E-state index in [1.165, 1.54) is 40.4 Å². The number of hydrogen-bond donors (Lipinski definition) is 1. The normalized spacial score (nSPS) is 10.8. The Hall–Kier alpha value is -3.39. The monoisotopic (exact) mass is 396 g/mol. The van der Waals surface area contributed by atoms with Gasteiger partial charge in [0.2, 0.25) is 0 Å². The molecular weight excluding hydrogens is 382 g/mol. The summed E-state index contributed by atoms with van der Waals surface area (Å²) in [6.45, 7) is 1.69. The minimum Gasteiger partial charge on any atom is -0.298 e. The molecule has 0 bridgehead atoms. The second-order valence-corrected chi connectivity index (χ2v) is 6.87. The molecule has 0 fully saturated rings. The van der Waals surface area contributed by atoms with E-state index in [-0.39, 0.29) is 11.5 Å². The van der Waals surface area contributed by atoms with Gasteiger partial charge in [0.05, 0.1) is 23.1 Å². The summed E-state index contributed by atoms with van der Waals surface area (Å²) in [6.07, 6.45) is 1.39. The van der Waals surface area contributed by atoms with Gasteiger partial charge >= 0.3 is 0 Å². The number of nitrogens with one attached hydrogen (secondary N) is 1. The lowest BCUT2D eigenvalue weighted by Crippen LogP contribution is -2.13. The van der Waals surface area contributed by atoms with Crippen LogP contribution in [-0.4, -0.2) is 20.7 Å². The zero-order valence-electron chi connectivity index (χ0n) is 14.7. The van der Waals surface area contributed by atoms with Gasteiger partial charge in [-0.2, -0.15) is 5.10 Å². The Morgan fingerprint density at radius 3 is 2.75 bits per heavy atom. The van der Waals surface area contributed by atoms with Crippen LogP contribution in [0.15, 0.2) is 60.1 Å². The van der Waals surface area contributed by atoms with Crippen molar-refractivity contribution in [3.05, 3.63) is 83.0 Å². The molecule has 1 N–H and O–H groups in total. The number of benzene rings is 2. The number of thiazole rings is 1. The zero-order chi connectivity index (χ0) is 19.7. The average Bonchev–Trinajstić information content (AvgIpc) is 3.29. The van der Waals surface area contributed by atoms with Gasteiger partial charge in [-0.1, -0.05) is 24.3 Å². The number of para-hydroxylation sites is 1. The Bertz CT molecular complexity index is 1170. The maximum atomic E-state index is 14.0. The molecule has 8 heteroatoms. The van der Waals surface area contributed by atoms with Crippen molar-refractivity contribution in [3.8, 4) is 16.9 Å². The first-order valence-corrected chi connectivity index (χ1v) is 9.23. The maximum absolute atomic E-state index is 14.0. The first kappa shape index (κ1) is 18.0. The molecule has 4 rings (SSSR count). The number of halogens is 2. The summed E-state index contributed by atoms with van der Waals surface area (Å²) in [5, 5.41) is 8.95. The third-order valence-electron chi connectivity index (χ3n) is 4.18. The second-order valence-electron chi connectivity index (χ2n) is 6.01. The molecule has 0 spiro atoms. The zero-order valence-corrected chi connectivity index (χ0v) is 15.5. The molecule has 4 aromatic rings. The molecule has 140 valence electrons. The topological polar surface area (TPSA) is 59.8 Å². The summed E-state index contributed by atoms with van der Waals surface area (Å²) in [5.74, 6) is -1.19. The van der Waals surface area contributed by atoms with Crippen molar-refractivity contribution in [3.63, 3.8) is 0 Å². The molecule has 5 nitrogen and oxygen atoms in total. The average molecular weight is 396 g/mol. The van der Waals surface area contributed by atoms with E-state index in [4.69, 9.17) is 0 Å². The summed E-state index contributed by atoms with van der Waals surface area (Å²) >= 11 is 1.23. The predicted molar refractivity (Wildman–Crippen MR) is 104 cm³/mol. The molecule has 2 aromatic heterocycles. The van der Waals surface area contributed by atoms with E-state index in [1.807, 2.05) is 0 Å². The Labute approximate surface area is 163 Å². The highest BCUT2D eigenvalue weighted by Crippen LogP contribution is 2.26. The van der Waals surface area contributed by atoms with E-state index in [1.54, 1.807) is 42.6 Å². The number of carbonyl (C=O) groups is 1. The number of nitrogens with zero attached hydrogens (tertiary/aromatic N) is 3. The Morgan fingerprint density at radius 1 is 1.14 bits per heavy atom. The fraction of sp³-hybridized carbons (Fsp3) is 0.0500. The number of anilines is 1. The Morgan fingerprint density at radius 2 is 1.96 bits per heavy atom. The lowest BCUT2D eigenvalue weighted by molar-refractivity contribution is 0.102. The second kappa shape index (κ2) is 7.32. The summed E-state index contributed by atoms with van der Waals surface area (Å²) in [6, 6.07) is 12.3. The molecule has 28 heavy (non-hydrogen) atoms. The van der Waals surface area contributed by atoms with Crippen LogP contribution in [0, 0.1) is 18.6 Å². The largest absolute Gasteiger partial charge is 0.298 e. The van der Waals surface area contributed by atoms with E-state index in [0.29, 0.717) is 27.6 Å². The quantitative estimate of drug-likeness (QED) is 0.537. The molecule has 1 amide bonds. The highest BCUT2D eigenvalue weighted by atomic mass is 32.1. The van der Waals surface area contributed by atoms with Crippen LogP contribution in [0.2, 0.25) is 0 Å². The molecule has 0 radical (unpaired) electrons. The SMILES string of the molecule is Cc1c(C(=O)Nc2nc(-c3cccc(F)c3)cs2)cnn1-c1ccccc1F. The van der Waals surface area contributed by atoms with Gasteiger partial charge in [-0.25, -0.2) is 18.4 Å². The molecule has 0 aliphatic rings. The number of hydrogen-bond acceptors (Lipinski definition) is 4. The van der Waals surface area contributed by atoms with Crippen molar-refractivity contribution < 1.29 is 13.6 Å². The number of carbonyl (C=O) groups excluding carboxylic acids is 1. The Kier molecular flexibility index (Phi) is 4.70. The standard InChI is InChI=1S/C20H14F2N4OS/c1-12-15(10-23-26(12)18-8-3-2-7-16(18)22)19(27)25-20-24-17(11-28-20)13-5-4-6-14(21)9-13/h2-11H,1H3,(H,24,25,27). The predicted octanol–water partition coefficient (Wildman–Crippen LogP) is 4.83. The smallest absolute Gasteiger partial charge is 0.260 e. The third-order valence-corrected chi connectivity index (χ3v) is 4.94. The summed E-state index contributed by atoms with van der Waals surface area (Å²) in [4.78, 5) is 16.9. The molecule has 0 atom stereocenters. The summed E-state index contributed by atoms with van der Waals surface area (Å²) < 4.78 is 28.8. The van der Waals surface area contributed by atoms with E-state index in [9.17, 15) is 13.6 Å². The molecular formula is C20H14F2N4OS. The first-order chi connectivity index (χ1) is 13.5. The van der Waals surface area contributed by atoms with Crippen LogP contribution in [0.25, 0.3) is 16.9 Å². The van der Waals surface area contributed by atoms with Crippen molar-refractivity contribution >= 4 is 22.4 Å². The lowest BCUT2D eigenvalue weighted by Gasteiger charge is -2.06. The van der Waals surface area contributed by atoms with E-state index < -0.39 is 11.7 Å². The van der Waals surface area contributed by atoms with Crippen LogP contribution >= 0.6 is 11.3 Å². The minimum atomic E-state index is -0.430. The van der Waals surface area contributed by atoms with Crippen LogP contribution in [0.4, 0.5) is 13.9 Å². The molecule has 0 saturated heterocycles. The van der Waals surface area contributed by atoms with Crippen LogP contribution in [0.1, 0.15) is 16.1 Å². The molecule has 0 saturated carbocycles. The number of aromatic nitrogens is 3. The van der Waals surface area contributed by atoms with Gasteiger partial charge in [0.1, 0.15) is 17.3 Å². The third kappa shape index (κ3) is 3.41. The summed E-state index contributed by atoms with van der Waals surface area (Å²) in [7, 11) is 0. The van der Waals surface area contributed by atoms with Gasteiger partial charge < -0.3 is 0 Å². The molecule has 2 heterocycles. The van der Waals surface area contributed by atoms with Gasteiger partial charge in [0.25, 0.3) is 5.91 Å². The van der Waals surface area contributed by atoms with E-state index in [0.717, 1.165) is 0 Å². The van der Waals surface area contributed by atoms with Crippen molar-refractivity contribution in [2.45, 2.75) is 6.92 Å². The number of amides is 1. The first-order valence-electron chi connectivity index (χ1n) is 8.35. The maximum Gasteiger partial charge on any atom is 0.260 e. The van der Waals surface area contributed by atoms with Gasteiger partial charge in [-0.05, 0) is 31.2 Å². The molecule has 0 unspecified atom stereocenters. The van der Waals surface area contributed by atoms with Gasteiger partial charge in [0.15, 0.2) is 5.13 Å². The highest BCUT2D eigenvalue weighted by molar-refractivity contribution is 7.14. The van der Waals surface area contributed by atoms with Crippen LogP contribution < -0.4 is 5.32 Å². The van der Waals surface area contributed by atoms with Gasteiger partial charge in [-0.3, -0.25) is 10.1 Å². The minimum absolute atomic E-state index is 0.265. The lowest BCUT2D eigenvalue weighted by atomic mass is 10.2. The fourth-order valence-corrected chi connectivity index (χ4v) is 3.49. The van der Waals surface area contributed by atoms with Crippen LogP contribution in [0.3, 0.4) is 0 Å². The van der Waals surface area contributed by atoms with Crippen molar-refractivity contribution in [2.75, 3.05) is 5.32 Å². The highest BCUT2D eigenvalue weighted by Gasteiger charge is 2.18. The Balaban J connectivity index is 1.56. The van der Waals surface area contributed by atoms with Crippen LogP contribution in [-0.2, 0) is 0 Å². The molecule has 0 aliphatic carbocycles. The van der Waals surface area contributed by atoms with Gasteiger partial charge in [-0.15, -0.1) is 11.3 Å². The van der Waals surface area contributed by atoms with Crippen molar-refractivity contribution in [1.29, 1.82) is 0 Å². The van der Waals surface area contributed by atoms with Crippen molar-refractivity contribution in [1.82, 2.24) is 14.8 Å². The molecule has 0 aliphatic heterocycles. The van der Waals surface area contributed by atoms with Crippen molar-refractivity contribution in [2.24, 2.45) is 0 Å². The van der Waals surface area contributed by atoms with Gasteiger partial charge in [0, 0.05) is 10.9 Å². The fourth-order valence-electron chi connectivity index (χ4n) is 2.77. The molecule has 2 aromatic carbocycles. The van der Waals surface area contributed by atoms with E-state index in [2.05, 4.69) is 15.4 Å². The van der Waals surface area contributed by atoms with E-state index >= 15 is 0 Å². The van der Waals surface area contributed by atoms with Crippen LogP contribution in [0.5, 0.6) is 0 Å².